The lowest BCUT2D eigenvalue weighted by atomic mass is 10.1. The summed E-state index contributed by atoms with van der Waals surface area (Å²) in [6.07, 6.45) is 2.84. The molecule has 1 aromatic carbocycles. The Labute approximate surface area is 124 Å². The molecule has 5 heteroatoms. The number of halogens is 1. The van der Waals surface area contributed by atoms with Crippen LogP contribution in [0.4, 0.5) is 15.8 Å². The fourth-order valence-electron chi connectivity index (χ4n) is 3.24. The van der Waals surface area contributed by atoms with Gasteiger partial charge in [0.15, 0.2) is 5.82 Å². The zero-order valence-corrected chi connectivity index (χ0v) is 12.5. The minimum absolute atomic E-state index is 0.299. The summed E-state index contributed by atoms with van der Waals surface area (Å²) in [5, 5.41) is 0.810. The predicted molar refractivity (Wildman–Crippen MR) is 85.0 cm³/mol. The Balaban J connectivity index is 1.95. The Morgan fingerprint density at radius 1 is 1.52 bits per heavy atom. The molecule has 2 heterocycles. The van der Waals surface area contributed by atoms with Gasteiger partial charge in [0.25, 0.3) is 0 Å². The fraction of sp³-hybridized carbons (Fsp3) is 0.438. The van der Waals surface area contributed by atoms with Gasteiger partial charge in [-0.15, -0.1) is 0 Å². The molecular formula is C16H21FN4. The second-order valence-electron chi connectivity index (χ2n) is 5.99. The molecule has 0 amide bonds. The second kappa shape index (κ2) is 5.48. The standard InChI is InChI=1S/C16H21FN4/c1-20-7-5-11(9-20)10-21(2)16-13(17)8-14(18)12-4-3-6-19-15(12)16/h3-4,6,8,11H,5,7,9-10,18H2,1-2H3. The number of nitrogens with two attached hydrogens (primary N) is 1. The molecule has 0 aliphatic carbocycles. The third-order valence-corrected chi connectivity index (χ3v) is 4.25. The van der Waals surface area contributed by atoms with E-state index in [0.717, 1.165) is 31.4 Å². The third-order valence-electron chi connectivity index (χ3n) is 4.25. The van der Waals surface area contributed by atoms with Crippen LogP contribution in [0.25, 0.3) is 10.9 Å². The predicted octanol–water partition coefficient (Wildman–Crippen LogP) is 2.34. The van der Waals surface area contributed by atoms with Crippen molar-refractivity contribution in [3.05, 3.63) is 30.2 Å². The highest BCUT2D eigenvalue weighted by molar-refractivity contribution is 5.98. The monoisotopic (exact) mass is 288 g/mol. The molecule has 1 unspecified atom stereocenters. The number of likely N-dealkylation sites (tertiary alicyclic amines) is 1. The lowest BCUT2D eigenvalue weighted by Gasteiger charge is -2.25. The molecule has 2 N–H and O–H groups in total. The molecule has 4 nitrogen and oxygen atoms in total. The Morgan fingerprint density at radius 2 is 2.33 bits per heavy atom. The van der Waals surface area contributed by atoms with E-state index in [2.05, 4.69) is 16.9 Å². The largest absolute Gasteiger partial charge is 0.398 e. The van der Waals surface area contributed by atoms with E-state index >= 15 is 0 Å². The van der Waals surface area contributed by atoms with Gasteiger partial charge in [0.2, 0.25) is 0 Å². The number of fused-ring (bicyclic) bond motifs is 1. The van der Waals surface area contributed by atoms with Crippen molar-refractivity contribution in [2.45, 2.75) is 6.42 Å². The van der Waals surface area contributed by atoms with Gasteiger partial charge in [-0.05, 0) is 44.1 Å². The molecule has 1 aliphatic rings. The van der Waals surface area contributed by atoms with Gasteiger partial charge in [-0.1, -0.05) is 0 Å². The molecular weight excluding hydrogens is 267 g/mol. The lowest BCUT2D eigenvalue weighted by Crippen LogP contribution is -2.28. The van der Waals surface area contributed by atoms with Crippen LogP contribution >= 0.6 is 0 Å². The summed E-state index contributed by atoms with van der Waals surface area (Å²) in [7, 11) is 4.06. The van der Waals surface area contributed by atoms with E-state index < -0.39 is 0 Å². The first-order chi connectivity index (χ1) is 10.1. The molecule has 1 atom stereocenters. The summed E-state index contributed by atoms with van der Waals surface area (Å²) in [4.78, 5) is 8.64. The van der Waals surface area contributed by atoms with Gasteiger partial charge in [0, 0.05) is 37.4 Å². The van der Waals surface area contributed by atoms with Gasteiger partial charge in [-0.2, -0.15) is 0 Å². The molecule has 1 aromatic heterocycles. The van der Waals surface area contributed by atoms with Gasteiger partial charge in [0.1, 0.15) is 0 Å². The quantitative estimate of drug-likeness (QED) is 0.881. The number of rotatable bonds is 3. The zero-order chi connectivity index (χ0) is 15.0. The van der Waals surface area contributed by atoms with Crippen LogP contribution < -0.4 is 10.6 Å². The minimum atomic E-state index is -0.299. The molecule has 0 radical (unpaired) electrons. The Morgan fingerprint density at radius 3 is 3.05 bits per heavy atom. The molecule has 2 aromatic rings. The molecule has 0 saturated carbocycles. The second-order valence-corrected chi connectivity index (χ2v) is 5.99. The summed E-state index contributed by atoms with van der Waals surface area (Å²) in [6.45, 7) is 3.00. The van der Waals surface area contributed by atoms with E-state index in [1.807, 2.05) is 24.1 Å². The van der Waals surface area contributed by atoms with Crippen molar-refractivity contribution in [1.82, 2.24) is 9.88 Å². The van der Waals surface area contributed by atoms with Crippen molar-refractivity contribution < 1.29 is 4.39 Å². The van der Waals surface area contributed by atoms with Gasteiger partial charge in [-0.25, -0.2) is 4.39 Å². The molecule has 3 rings (SSSR count). The highest BCUT2D eigenvalue weighted by Crippen LogP contribution is 2.32. The molecule has 0 bridgehead atoms. The average Bonchev–Trinajstić information content (AvgIpc) is 2.84. The average molecular weight is 288 g/mol. The summed E-state index contributed by atoms with van der Waals surface area (Å²) in [6, 6.07) is 5.11. The summed E-state index contributed by atoms with van der Waals surface area (Å²) in [5.74, 6) is 0.267. The summed E-state index contributed by atoms with van der Waals surface area (Å²) >= 11 is 0. The van der Waals surface area contributed by atoms with Crippen LogP contribution in [-0.4, -0.2) is 43.6 Å². The molecule has 1 fully saturated rings. The number of nitrogens with zero attached hydrogens (tertiary/aromatic N) is 3. The third kappa shape index (κ3) is 2.65. The molecule has 112 valence electrons. The smallest absolute Gasteiger partial charge is 0.150 e. The number of aromatic nitrogens is 1. The van der Waals surface area contributed by atoms with Crippen molar-refractivity contribution in [1.29, 1.82) is 0 Å². The fourth-order valence-corrected chi connectivity index (χ4v) is 3.24. The van der Waals surface area contributed by atoms with Crippen molar-refractivity contribution >= 4 is 22.3 Å². The van der Waals surface area contributed by atoms with E-state index in [4.69, 9.17) is 5.73 Å². The highest BCUT2D eigenvalue weighted by Gasteiger charge is 2.23. The van der Waals surface area contributed by atoms with Crippen molar-refractivity contribution in [2.75, 3.05) is 44.4 Å². The number of pyridine rings is 1. The topological polar surface area (TPSA) is 45.4 Å². The van der Waals surface area contributed by atoms with Crippen molar-refractivity contribution in [2.24, 2.45) is 5.92 Å². The first-order valence-corrected chi connectivity index (χ1v) is 7.28. The van der Waals surface area contributed by atoms with Gasteiger partial charge >= 0.3 is 0 Å². The maximum atomic E-state index is 14.4. The minimum Gasteiger partial charge on any atom is -0.398 e. The summed E-state index contributed by atoms with van der Waals surface area (Å²) in [5.41, 5.74) is 7.53. The van der Waals surface area contributed by atoms with Gasteiger partial charge in [0.05, 0.1) is 11.2 Å². The van der Waals surface area contributed by atoms with E-state index in [-0.39, 0.29) is 5.82 Å². The Kier molecular flexibility index (Phi) is 3.68. The van der Waals surface area contributed by atoms with Crippen LogP contribution in [0.2, 0.25) is 0 Å². The van der Waals surface area contributed by atoms with E-state index in [9.17, 15) is 4.39 Å². The van der Waals surface area contributed by atoms with E-state index in [1.54, 1.807) is 6.20 Å². The molecule has 1 saturated heterocycles. The number of anilines is 2. The lowest BCUT2D eigenvalue weighted by molar-refractivity contribution is 0.395. The SMILES string of the molecule is CN1CCC(CN(C)c2c(F)cc(N)c3cccnc23)C1. The van der Waals surface area contributed by atoms with Crippen LogP contribution in [0.3, 0.4) is 0 Å². The normalized spacial score (nSPS) is 19.3. The Bertz CT molecular complexity index is 658. The first-order valence-electron chi connectivity index (χ1n) is 7.28. The molecule has 0 spiro atoms. The number of hydrogen-bond acceptors (Lipinski definition) is 4. The van der Waals surface area contributed by atoms with Crippen molar-refractivity contribution in [3.8, 4) is 0 Å². The van der Waals surface area contributed by atoms with Crippen LogP contribution in [0, 0.1) is 11.7 Å². The van der Waals surface area contributed by atoms with E-state index in [1.165, 1.54) is 6.07 Å². The highest BCUT2D eigenvalue weighted by atomic mass is 19.1. The van der Waals surface area contributed by atoms with Crippen LogP contribution in [0.1, 0.15) is 6.42 Å². The molecule has 21 heavy (non-hydrogen) atoms. The van der Waals surface area contributed by atoms with Crippen LogP contribution in [-0.2, 0) is 0 Å². The van der Waals surface area contributed by atoms with E-state index in [0.29, 0.717) is 22.8 Å². The molecule has 1 aliphatic heterocycles. The maximum Gasteiger partial charge on any atom is 0.150 e. The summed E-state index contributed by atoms with van der Waals surface area (Å²) < 4.78 is 14.4. The Hall–Kier alpha value is -1.88. The first kappa shape index (κ1) is 14.1. The number of hydrogen-bond donors (Lipinski definition) is 1. The van der Waals surface area contributed by atoms with Crippen LogP contribution in [0.5, 0.6) is 0 Å². The number of benzene rings is 1. The van der Waals surface area contributed by atoms with Crippen LogP contribution in [0.15, 0.2) is 24.4 Å². The van der Waals surface area contributed by atoms with Gasteiger partial charge in [-0.3, -0.25) is 4.98 Å². The zero-order valence-electron chi connectivity index (χ0n) is 12.5. The number of nitrogen functional groups attached to an aromatic ring is 1. The van der Waals surface area contributed by atoms with Gasteiger partial charge < -0.3 is 15.5 Å². The van der Waals surface area contributed by atoms with Crippen molar-refractivity contribution in [3.63, 3.8) is 0 Å². The maximum absolute atomic E-state index is 14.4.